The van der Waals surface area contributed by atoms with Gasteiger partial charge in [-0.05, 0) is 0 Å². The molecule has 0 atom stereocenters. The molecule has 0 aliphatic heterocycles. The van der Waals surface area contributed by atoms with Crippen LogP contribution in [0.4, 0.5) is 16.8 Å². The van der Waals surface area contributed by atoms with Crippen molar-refractivity contribution in [3.05, 3.63) is 11.1 Å². The fourth-order valence-electron chi connectivity index (χ4n) is 1.28. The highest BCUT2D eigenvalue weighted by Crippen LogP contribution is 2.19. The summed E-state index contributed by atoms with van der Waals surface area (Å²) in [4.78, 5) is 4.32. The highest BCUT2D eigenvalue weighted by atomic mass is 32.2. The Bertz CT molecular complexity index is 565. The number of thiazole rings is 1. The average Bonchev–Trinajstić information content (AvgIpc) is 2.98. The zero-order chi connectivity index (χ0) is 14.4. The van der Waals surface area contributed by atoms with Gasteiger partial charge in [-0.1, -0.05) is 0 Å². The predicted molar refractivity (Wildman–Crippen MR) is 86.6 cm³/mol. The average molecular weight is 330 g/mol. The molecule has 2 aromatic heterocycles. The molecule has 108 valence electrons. The molecular weight excluding hydrogens is 316 g/mol. The number of nitrogens with two attached hydrogens (primary N) is 2. The second-order valence-electron chi connectivity index (χ2n) is 3.66. The summed E-state index contributed by atoms with van der Waals surface area (Å²) in [6.07, 6.45) is 0. The molecule has 0 saturated heterocycles. The molecule has 0 aliphatic rings. The molecule has 0 amide bonds. The van der Waals surface area contributed by atoms with Crippen LogP contribution < -0.4 is 22.1 Å². The number of anilines is 3. The fourth-order valence-corrected chi connectivity index (χ4v) is 3.31. The number of nitrogens with one attached hydrogen (secondary N) is 3. The summed E-state index contributed by atoms with van der Waals surface area (Å²) in [6, 6.07) is 0. The zero-order valence-electron chi connectivity index (χ0n) is 10.4. The number of hydrogen-bond donors (Lipinski definition) is 5. The number of thioether (sulfide) groups is 1. The van der Waals surface area contributed by atoms with E-state index < -0.39 is 0 Å². The molecule has 0 saturated carbocycles. The Morgan fingerprint density at radius 2 is 2.30 bits per heavy atom. The van der Waals surface area contributed by atoms with Crippen molar-refractivity contribution in [1.29, 1.82) is 5.41 Å². The quantitative estimate of drug-likeness (QED) is 0.290. The molecule has 0 spiro atoms. The summed E-state index contributed by atoms with van der Waals surface area (Å²) >= 11 is 4.28. The van der Waals surface area contributed by atoms with Crippen molar-refractivity contribution >= 4 is 57.6 Å². The summed E-state index contributed by atoms with van der Waals surface area (Å²) in [5, 5.41) is 15.5. The van der Waals surface area contributed by atoms with E-state index in [1.165, 1.54) is 11.3 Å². The molecule has 7 N–H and O–H groups in total. The van der Waals surface area contributed by atoms with E-state index in [4.69, 9.17) is 16.9 Å². The number of rotatable bonds is 7. The lowest BCUT2D eigenvalue weighted by Crippen LogP contribution is -2.20. The third-order valence-electron chi connectivity index (χ3n) is 2.10. The Morgan fingerprint density at radius 3 is 3.00 bits per heavy atom. The normalized spacial score (nSPS) is 10.4. The van der Waals surface area contributed by atoms with Gasteiger partial charge in [-0.25, -0.2) is 4.98 Å². The maximum Gasteiger partial charge on any atom is 0.192 e. The zero-order valence-corrected chi connectivity index (χ0v) is 12.9. The maximum absolute atomic E-state index is 7.12. The minimum absolute atomic E-state index is 0.0998. The lowest BCUT2D eigenvalue weighted by molar-refractivity contribution is 1.19. The monoisotopic (exact) mass is 330 g/mol. The van der Waals surface area contributed by atoms with Crippen molar-refractivity contribution in [3.8, 4) is 0 Å². The van der Waals surface area contributed by atoms with Crippen molar-refractivity contribution in [3.63, 3.8) is 0 Å². The van der Waals surface area contributed by atoms with E-state index in [1.54, 1.807) is 11.8 Å². The van der Waals surface area contributed by atoms with Gasteiger partial charge in [0.15, 0.2) is 22.7 Å². The molecule has 8 nitrogen and oxygen atoms in total. The van der Waals surface area contributed by atoms with Crippen LogP contribution in [0.15, 0.2) is 5.38 Å². The van der Waals surface area contributed by atoms with E-state index >= 15 is 0 Å². The lowest BCUT2D eigenvalue weighted by atomic mass is 10.6. The Balaban J connectivity index is 1.64. The molecule has 2 aromatic rings. The summed E-state index contributed by atoms with van der Waals surface area (Å²) in [5.41, 5.74) is 11.8. The van der Waals surface area contributed by atoms with Crippen molar-refractivity contribution in [2.75, 3.05) is 28.7 Å². The second-order valence-corrected chi connectivity index (χ2v) is 6.15. The molecule has 0 unspecified atom stereocenters. The van der Waals surface area contributed by atoms with Gasteiger partial charge in [-0.15, -0.1) is 11.3 Å². The molecule has 0 bridgehead atoms. The van der Waals surface area contributed by atoms with Gasteiger partial charge in [0.05, 0.1) is 17.4 Å². The van der Waals surface area contributed by atoms with Gasteiger partial charge in [0, 0.05) is 23.4 Å². The van der Waals surface area contributed by atoms with Crippen LogP contribution in [-0.4, -0.2) is 32.0 Å². The van der Waals surface area contributed by atoms with E-state index in [2.05, 4.69) is 24.4 Å². The van der Waals surface area contributed by atoms with Gasteiger partial charge in [0.25, 0.3) is 0 Å². The van der Waals surface area contributed by atoms with Crippen molar-refractivity contribution in [2.24, 2.45) is 5.73 Å². The first-order valence-electron chi connectivity index (χ1n) is 5.60. The first kappa shape index (κ1) is 14.8. The van der Waals surface area contributed by atoms with Crippen LogP contribution in [0, 0.1) is 5.41 Å². The minimum Gasteiger partial charge on any atom is -0.380 e. The Hall–Kier alpha value is -1.59. The van der Waals surface area contributed by atoms with Gasteiger partial charge >= 0.3 is 0 Å². The maximum atomic E-state index is 7.12. The molecule has 20 heavy (non-hydrogen) atoms. The Kier molecular flexibility index (Phi) is 5.38. The summed E-state index contributed by atoms with van der Waals surface area (Å²) in [7, 11) is 0. The lowest BCUT2D eigenvalue weighted by Gasteiger charge is -2.02. The molecular formula is C9H14N8S3. The summed E-state index contributed by atoms with van der Waals surface area (Å²) < 4.78 is 7.92. The van der Waals surface area contributed by atoms with Crippen LogP contribution in [0.5, 0.6) is 0 Å². The topological polar surface area (TPSA) is 139 Å². The second kappa shape index (κ2) is 7.26. The van der Waals surface area contributed by atoms with E-state index in [9.17, 15) is 0 Å². The van der Waals surface area contributed by atoms with E-state index in [1.807, 2.05) is 5.38 Å². The van der Waals surface area contributed by atoms with Crippen molar-refractivity contribution in [1.82, 2.24) is 13.7 Å². The van der Waals surface area contributed by atoms with Crippen LogP contribution in [0.1, 0.15) is 5.69 Å². The SMILES string of the molecule is N=C(N)Nc1nc(CSCCNc2nsnc2N)cs1. The molecule has 0 radical (unpaired) electrons. The Morgan fingerprint density at radius 1 is 1.45 bits per heavy atom. The number of hydrogen-bond acceptors (Lipinski definition) is 9. The Labute approximate surface area is 128 Å². The number of guanidine groups is 1. The van der Waals surface area contributed by atoms with E-state index in [0.29, 0.717) is 16.8 Å². The van der Waals surface area contributed by atoms with Crippen molar-refractivity contribution < 1.29 is 0 Å². The van der Waals surface area contributed by atoms with Gasteiger partial charge in [0.2, 0.25) is 0 Å². The smallest absolute Gasteiger partial charge is 0.192 e. The number of nitrogens with zero attached hydrogens (tertiary/aromatic N) is 3. The van der Waals surface area contributed by atoms with Crippen LogP contribution in [0.3, 0.4) is 0 Å². The summed E-state index contributed by atoms with van der Waals surface area (Å²) in [6.45, 7) is 0.767. The first-order valence-corrected chi connectivity index (χ1v) is 8.36. The standard InChI is InChI=1S/C9H14N8S3/c10-6-7(17-20-16-6)13-1-2-18-3-5-4-19-9(14-5)15-8(11)12/h4H,1-3H2,(H2,10,16)(H,13,17)(H4,11,12,14,15). The number of aromatic nitrogens is 3. The van der Waals surface area contributed by atoms with Gasteiger partial charge in [-0.3, -0.25) is 5.41 Å². The third-order valence-corrected chi connectivity index (χ3v) is 4.44. The number of nitrogen functional groups attached to an aromatic ring is 1. The molecule has 2 heterocycles. The van der Waals surface area contributed by atoms with Crippen LogP contribution in [0.2, 0.25) is 0 Å². The molecule has 0 fully saturated rings. The highest BCUT2D eigenvalue weighted by Gasteiger charge is 2.04. The van der Waals surface area contributed by atoms with Gasteiger partial charge in [-0.2, -0.15) is 20.5 Å². The molecule has 2 rings (SSSR count). The molecule has 0 aliphatic carbocycles. The van der Waals surface area contributed by atoms with Gasteiger partial charge < -0.3 is 22.1 Å². The van der Waals surface area contributed by atoms with Crippen molar-refractivity contribution in [2.45, 2.75) is 5.75 Å². The largest absolute Gasteiger partial charge is 0.380 e. The highest BCUT2D eigenvalue weighted by molar-refractivity contribution is 7.98. The van der Waals surface area contributed by atoms with Gasteiger partial charge in [0.1, 0.15) is 0 Å². The van der Waals surface area contributed by atoms with E-state index in [-0.39, 0.29) is 5.96 Å². The predicted octanol–water partition coefficient (Wildman–Crippen LogP) is 1.23. The summed E-state index contributed by atoms with van der Waals surface area (Å²) in [5.74, 6) is 2.71. The van der Waals surface area contributed by atoms with Crippen LogP contribution in [0.25, 0.3) is 0 Å². The fraction of sp³-hybridized carbons (Fsp3) is 0.333. The first-order chi connectivity index (χ1) is 9.65. The third kappa shape index (κ3) is 4.51. The van der Waals surface area contributed by atoms with Crippen LogP contribution >= 0.6 is 34.8 Å². The molecule has 11 heteroatoms. The van der Waals surface area contributed by atoms with E-state index in [0.717, 1.165) is 35.5 Å². The minimum atomic E-state index is -0.0998. The van der Waals surface area contributed by atoms with Crippen LogP contribution in [-0.2, 0) is 5.75 Å². The molecule has 0 aromatic carbocycles.